The van der Waals surface area contributed by atoms with Crippen LogP contribution in [0.25, 0.3) is 11.3 Å². The molecule has 0 aliphatic carbocycles. The van der Waals surface area contributed by atoms with Gasteiger partial charge in [-0.15, -0.1) is 0 Å². The molecule has 4 nitrogen and oxygen atoms in total. The largest absolute Gasteiger partial charge is 0.453 e. The highest BCUT2D eigenvalue weighted by Crippen LogP contribution is 2.31. The van der Waals surface area contributed by atoms with Crippen LogP contribution in [0.1, 0.15) is 5.56 Å². The number of rotatable bonds is 2. The van der Waals surface area contributed by atoms with Crippen molar-refractivity contribution < 1.29 is 22.7 Å². The molecule has 1 aromatic carbocycles. The molecule has 0 radical (unpaired) electrons. The second kappa shape index (κ2) is 5.82. The summed E-state index contributed by atoms with van der Waals surface area (Å²) in [4.78, 5) is 15.0. The zero-order valence-corrected chi connectivity index (χ0v) is 10.9. The van der Waals surface area contributed by atoms with Crippen molar-refractivity contribution in [1.29, 1.82) is 0 Å². The van der Waals surface area contributed by atoms with E-state index in [4.69, 9.17) is 0 Å². The Kier molecular flexibility index (Phi) is 4.11. The number of ether oxygens (including phenoxy) is 1. The summed E-state index contributed by atoms with van der Waals surface area (Å²) in [5.41, 5.74) is 0.363. The predicted molar refractivity (Wildman–Crippen MR) is 70.7 cm³/mol. The van der Waals surface area contributed by atoms with Crippen molar-refractivity contribution >= 4 is 11.8 Å². The molecule has 1 amide bonds. The first-order valence-electron chi connectivity index (χ1n) is 5.89. The van der Waals surface area contributed by atoms with Crippen molar-refractivity contribution in [3.63, 3.8) is 0 Å². The molecule has 2 rings (SSSR count). The molecule has 0 bridgehead atoms. The fraction of sp³-hybridized carbons (Fsp3) is 0.143. The molecule has 0 aliphatic rings. The van der Waals surface area contributed by atoms with Crippen LogP contribution in [0.15, 0.2) is 42.6 Å². The number of carbonyl (C=O) groups is 1. The number of halogens is 3. The number of pyridine rings is 1. The maximum Gasteiger partial charge on any atom is 0.416 e. The highest BCUT2D eigenvalue weighted by atomic mass is 19.4. The smallest absolute Gasteiger partial charge is 0.416 e. The van der Waals surface area contributed by atoms with Crippen molar-refractivity contribution in [2.45, 2.75) is 6.18 Å². The first-order valence-corrected chi connectivity index (χ1v) is 5.89. The molecule has 0 saturated heterocycles. The molecule has 1 aromatic heterocycles. The van der Waals surface area contributed by atoms with Crippen molar-refractivity contribution in [2.24, 2.45) is 0 Å². The minimum absolute atomic E-state index is 0.342. The SMILES string of the molecule is COC(=O)Nc1ccc(-c2cccc(C(F)(F)F)c2)nc1. The summed E-state index contributed by atoms with van der Waals surface area (Å²) in [5.74, 6) is 0. The van der Waals surface area contributed by atoms with Crippen LogP contribution in [-0.2, 0) is 10.9 Å². The van der Waals surface area contributed by atoms with E-state index in [0.717, 1.165) is 12.1 Å². The van der Waals surface area contributed by atoms with E-state index in [-0.39, 0.29) is 0 Å². The third-order valence-corrected chi connectivity index (χ3v) is 2.68. The van der Waals surface area contributed by atoms with Gasteiger partial charge in [0, 0.05) is 5.56 Å². The van der Waals surface area contributed by atoms with E-state index in [0.29, 0.717) is 16.9 Å². The Morgan fingerprint density at radius 1 is 1.24 bits per heavy atom. The molecular weight excluding hydrogens is 285 g/mol. The van der Waals surface area contributed by atoms with E-state index < -0.39 is 17.8 Å². The van der Waals surface area contributed by atoms with E-state index in [9.17, 15) is 18.0 Å². The summed E-state index contributed by atoms with van der Waals surface area (Å²) in [6.07, 6.45) is -3.71. The molecular formula is C14H11F3N2O2. The van der Waals surface area contributed by atoms with Crippen LogP contribution in [0.4, 0.5) is 23.7 Å². The molecule has 0 atom stereocenters. The first-order chi connectivity index (χ1) is 9.90. The van der Waals surface area contributed by atoms with Gasteiger partial charge in [-0.3, -0.25) is 10.3 Å². The van der Waals surface area contributed by atoms with Gasteiger partial charge in [0.05, 0.1) is 30.3 Å². The molecule has 1 N–H and O–H groups in total. The summed E-state index contributed by atoms with van der Waals surface area (Å²) in [6.45, 7) is 0. The Bertz CT molecular complexity index is 639. The third-order valence-electron chi connectivity index (χ3n) is 2.68. The first kappa shape index (κ1) is 14.8. The van der Waals surface area contributed by atoms with Gasteiger partial charge in [0.25, 0.3) is 0 Å². The summed E-state index contributed by atoms with van der Waals surface area (Å²) in [7, 11) is 1.22. The Morgan fingerprint density at radius 2 is 2.00 bits per heavy atom. The number of aromatic nitrogens is 1. The molecule has 0 unspecified atom stereocenters. The normalized spacial score (nSPS) is 11.0. The Balaban J connectivity index is 2.25. The average Bonchev–Trinajstić information content (AvgIpc) is 2.47. The molecule has 0 saturated carbocycles. The standard InChI is InChI=1S/C14H11F3N2O2/c1-21-13(20)19-11-5-6-12(18-8-11)9-3-2-4-10(7-9)14(15,16)17/h2-8H,1H3,(H,19,20). The Morgan fingerprint density at radius 3 is 2.57 bits per heavy atom. The lowest BCUT2D eigenvalue weighted by atomic mass is 10.1. The molecule has 0 spiro atoms. The second-order valence-electron chi connectivity index (χ2n) is 4.13. The predicted octanol–water partition coefficient (Wildman–Crippen LogP) is 3.95. The highest BCUT2D eigenvalue weighted by Gasteiger charge is 2.30. The lowest BCUT2D eigenvalue weighted by molar-refractivity contribution is -0.137. The van der Waals surface area contributed by atoms with Gasteiger partial charge in [-0.2, -0.15) is 13.2 Å². The molecule has 21 heavy (non-hydrogen) atoms. The lowest BCUT2D eigenvalue weighted by Gasteiger charge is -2.09. The van der Waals surface area contributed by atoms with Crippen LogP contribution in [0.3, 0.4) is 0 Å². The number of benzene rings is 1. The van der Waals surface area contributed by atoms with Crippen LogP contribution < -0.4 is 5.32 Å². The molecule has 0 fully saturated rings. The number of carbonyl (C=O) groups excluding carboxylic acids is 1. The number of methoxy groups -OCH3 is 1. The van der Waals surface area contributed by atoms with Crippen LogP contribution in [-0.4, -0.2) is 18.2 Å². The minimum Gasteiger partial charge on any atom is -0.453 e. The van der Waals surface area contributed by atoms with Crippen molar-refractivity contribution in [2.75, 3.05) is 12.4 Å². The van der Waals surface area contributed by atoms with Crippen LogP contribution in [0.5, 0.6) is 0 Å². The van der Waals surface area contributed by atoms with Crippen LogP contribution in [0.2, 0.25) is 0 Å². The minimum atomic E-state index is -4.40. The van der Waals surface area contributed by atoms with Gasteiger partial charge in [-0.05, 0) is 24.3 Å². The molecule has 1 heterocycles. The number of hydrogen-bond donors (Lipinski definition) is 1. The zero-order valence-electron chi connectivity index (χ0n) is 10.9. The van der Waals surface area contributed by atoms with Gasteiger partial charge in [0.2, 0.25) is 0 Å². The number of alkyl halides is 3. The fourth-order valence-electron chi connectivity index (χ4n) is 1.66. The van der Waals surface area contributed by atoms with Gasteiger partial charge in [0.15, 0.2) is 0 Å². The van der Waals surface area contributed by atoms with E-state index >= 15 is 0 Å². The van der Waals surface area contributed by atoms with E-state index in [1.54, 1.807) is 0 Å². The van der Waals surface area contributed by atoms with Gasteiger partial charge >= 0.3 is 12.3 Å². The fourth-order valence-corrected chi connectivity index (χ4v) is 1.66. The van der Waals surface area contributed by atoms with Crippen molar-refractivity contribution in [1.82, 2.24) is 4.98 Å². The maximum absolute atomic E-state index is 12.6. The van der Waals surface area contributed by atoms with Crippen molar-refractivity contribution in [3.05, 3.63) is 48.2 Å². The Hall–Kier alpha value is -2.57. The number of anilines is 1. The molecule has 0 aliphatic heterocycles. The van der Waals surface area contributed by atoms with Gasteiger partial charge in [-0.25, -0.2) is 4.79 Å². The molecule has 2 aromatic rings. The second-order valence-corrected chi connectivity index (χ2v) is 4.13. The van der Waals surface area contributed by atoms with Crippen molar-refractivity contribution in [3.8, 4) is 11.3 Å². The quantitative estimate of drug-likeness (QED) is 0.913. The van der Waals surface area contributed by atoms with E-state index in [1.807, 2.05) is 0 Å². The van der Waals surface area contributed by atoms with E-state index in [1.165, 1.54) is 37.6 Å². The molecule has 110 valence electrons. The highest BCUT2D eigenvalue weighted by molar-refractivity contribution is 5.84. The summed E-state index contributed by atoms with van der Waals surface area (Å²) in [5, 5.41) is 2.40. The number of nitrogens with one attached hydrogen (secondary N) is 1. The number of hydrogen-bond acceptors (Lipinski definition) is 3. The van der Waals surface area contributed by atoms with Gasteiger partial charge in [0.1, 0.15) is 0 Å². The Labute approximate surface area is 118 Å². The summed E-state index contributed by atoms with van der Waals surface area (Å²) in [6, 6.07) is 7.91. The number of nitrogens with zero attached hydrogens (tertiary/aromatic N) is 1. The summed E-state index contributed by atoms with van der Waals surface area (Å²) < 4.78 is 42.4. The van der Waals surface area contributed by atoms with Gasteiger partial charge in [-0.1, -0.05) is 12.1 Å². The molecule has 7 heteroatoms. The van der Waals surface area contributed by atoms with Crippen LogP contribution >= 0.6 is 0 Å². The average molecular weight is 296 g/mol. The third kappa shape index (κ3) is 3.71. The lowest BCUT2D eigenvalue weighted by Crippen LogP contribution is -2.11. The summed E-state index contributed by atoms with van der Waals surface area (Å²) >= 11 is 0. The van der Waals surface area contributed by atoms with E-state index in [2.05, 4.69) is 15.0 Å². The topological polar surface area (TPSA) is 51.2 Å². The maximum atomic E-state index is 12.6. The number of amides is 1. The zero-order chi connectivity index (χ0) is 15.5. The monoisotopic (exact) mass is 296 g/mol. The van der Waals surface area contributed by atoms with Crippen LogP contribution in [0, 0.1) is 0 Å². The van der Waals surface area contributed by atoms with Gasteiger partial charge < -0.3 is 4.74 Å².